The molecule has 0 radical (unpaired) electrons. The van der Waals surface area contributed by atoms with Crippen LogP contribution in [0.15, 0.2) is 30.9 Å². The number of esters is 1. The van der Waals surface area contributed by atoms with Crippen molar-refractivity contribution in [3.8, 4) is 0 Å². The van der Waals surface area contributed by atoms with Crippen LogP contribution in [0.2, 0.25) is 0 Å². The molecule has 0 unspecified atom stereocenters. The molecule has 1 aromatic carbocycles. The smallest absolute Gasteiger partial charge is 0.335 e. The first kappa shape index (κ1) is 25.0. The van der Waals surface area contributed by atoms with E-state index >= 15 is 4.39 Å². The van der Waals surface area contributed by atoms with Gasteiger partial charge in [0.2, 0.25) is 0 Å². The molecule has 2 fully saturated rings. The average molecular weight is 514 g/mol. The number of aromatic carboxylic acids is 1. The SMILES string of the molecule is CC(=O)O[C@@]1(C)[C@@H](c2cccc(C(=O)O)c2C)O[C@H](n2cnc3c(N4CCOCC4)ncnc32)[C@]1(C)F. The molecule has 2 aliphatic heterocycles. The number of hydrogen-bond acceptors (Lipinski definition) is 9. The number of carboxylic acids is 1. The number of hydrogen-bond donors (Lipinski definition) is 1. The van der Waals surface area contributed by atoms with Crippen molar-refractivity contribution in [1.82, 2.24) is 19.5 Å². The van der Waals surface area contributed by atoms with Crippen molar-refractivity contribution in [2.45, 2.75) is 51.3 Å². The van der Waals surface area contributed by atoms with Gasteiger partial charge in [-0.1, -0.05) is 12.1 Å². The van der Waals surface area contributed by atoms with Gasteiger partial charge >= 0.3 is 11.9 Å². The van der Waals surface area contributed by atoms with Crippen LogP contribution >= 0.6 is 0 Å². The second-order valence-electron chi connectivity index (χ2n) is 9.59. The molecule has 4 heterocycles. The van der Waals surface area contributed by atoms with Crippen LogP contribution in [0.3, 0.4) is 0 Å². The number of imidazole rings is 1. The summed E-state index contributed by atoms with van der Waals surface area (Å²) in [6, 6.07) is 4.66. The minimum absolute atomic E-state index is 0.0475. The minimum Gasteiger partial charge on any atom is -0.478 e. The lowest BCUT2D eigenvalue weighted by Gasteiger charge is -2.37. The summed E-state index contributed by atoms with van der Waals surface area (Å²) in [6.45, 7) is 7.94. The monoisotopic (exact) mass is 513 g/mol. The number of carboxylic acid groups (broad SMARTS) is 1. The summed E-state index contributed by atoms with van der Waals surface area (Å²) in [7, 11) is 0. The number of ether oxygens (including phenoxy) is 3. The Kier molecular flexibility index (Phi) is 6.11. The van der Waals surface area contributed by atoms with Crippen LogP contribution in [0.25, 0.3) is 11.2 Å². The molecule has 37 heavy (non-hydrogen) atoms. The van der Waals surface area contributed by atoms with Crippen LogP contribution in [0.5, 0.6) is 0 Å². The first-order chi connectivity index (χ1) is 17.6. The lowest BCUT2D eigenvalue weighted by molar-refractivity contribution is -0.174. The highest BCUT2D eigenvalue weighted by Gasteiger charge is 2.67. The summed E-state index contributed by atoms with van der Waals surface area (Å²) >= 11 is 0. The van der Waals surface area contributed by atoms with E-state index in [-0.39, 0.29) is 5.56 Å². The van der Waals surface area contributed by atoms with Crippen LogP contribution in [-0.2, 0) is 19.0 Å². The second-order valence-corrected chi connectivity index (χ2v) is 9.59. The maximum atomic E-state index is 16.9. The lowest BCUT2D eigenvalue weighted by Crippen LogP contribution is -2.51. The quantitative estimate of drug-likeness (QED) is 0.508. The zero-order chi connectivity index (χ0) is 26.5. The maximum Gasteiger partial charge on any atom is 0.335 e. The van der Waals surface area contributed by atoms with Gasteiger partial charge in [0.1, 0.15) is 12.4 Å². The number of carbonyl (C=O) groups is 2. The first-order valence-electron chi connectivity index (χ1n) is 11.9. The third-order valence-electron chi connectivity index (χ3n) is 7.35. The van der Waals surface area contributed by atoms with Gasteiger partial charge in [0.15, 0.2) is 34.5 Å². The number of alkyl halides is 1. The van der Waals surface area contributed by atoms with E-state index in [0.29, 0.717) is 54.4 Å². The molecule has 12 heteroatoms. The van der Waals surface area contributed by atoms with Crippen LogP contribution in [0, 0.1) is 6.92 Å². The Hall–Kier alpha value is -3.64. The zero-order valence-electron chi connectivity index (χ0n) is 21.0. The summed E-state index contributed by atoms with van der Waals surface area (Å²) in [5.41, 5.74) is -2.40. The van der Waals surface area contributed by atoms with Crippen LogP contribution in [0.4, 0.5) is 10.2 Å². The number of rotatable bonds is 5. The van der Waals surface area contributed by atoms with Crippen molar-refractivity contribution >= 4 is 28.9 Å². The summed E-state index contributed by atoms with van der Waals surface area (Å²) < 4.78 is 35.8. The highest BCUT2D eigenvalue weighted by molar-refractivity contribution is 5.89. The molecule has 0 aliphatic carbocycles. The Morgan fingerprint density at radius 2 is 1.92 bits per heavy atom. The van der Waals surface area contributed by atoms with Gasteiger partial charge in [0.05, 0.1) is 25.1 Å². The molecule has 11 nitrogen and oxygen atoms in total. The predicted molar refractivity (Wildman–Crippen MR) is 129 cm³/mol. The number of aromatic nitrogens is 4. The molecule has 2 saturated heterocycles. The van der Waals surface area contributed by atoms with E-state index < -0.39 is 35.5 Å². The third-order valence-corrected chi connectivity index (χ3v) is 7.35. The molecular weight excluding hydrogens is 485 g/mol. The molecule has 196 valence electrons. The van der Waals surface area contributed by atoms with Crippen molar-refractivity contribution in [3.05, 3.63) is 47.5 Å². The Labute approximate surface area is 212 Å². The molecule has 2 aliphatic rings. The van der Waals surface area contributed by atoms with Gasteiger partial charge in [-0.2, -0.15) is 0 Å². The normalized spacial score (nSPS) is 28.0. The third kappa shape index (κ3) is 3.91. The van der Waals surface area contributed by atoms with E-state index in [9.17, 15) is 14.7 Å². The van der Waals surface area contributed by atoms with Crippen molar-refractivity contribution in [1.29, 1.82) is 0 Å². The predicted octanol–water partition coefficient (Wildman–Crippen LogP) is 2.99. The number of carbonyl (C=O) groups excluding carboxylic acids is 1. The van der Waals surface area contributed by atoms with Crippen molar-refractivity contribution in [3.63, 3.8) is 0 Å². The Balaban J connectivity index is 1.63. The van der Waals surface area contributed by atoms with Gasteiger partial charge in [-0.25, -0.2) is 24.1 Å². The van der Waals surface area contributed by atoms with Crippen molar-refractivity contribution in [2.75, 3.05) is 31.2 Å². The van der Waals surface area contributed by atoms with E-state index in [2.05, 4.69) is 15.0 Å². The van der Waals surface area contributed by atoms with Gasteiger partial charge in [0, 0.05) is 20.0 Å². The van der Waals surface area contributed by atoms with Gasteiger partial charge in [-0.3, -0.25) is 9.36 Å². The second kappa shape index (κ2) is 9.03. The highest BCUT2D eigenvalue weighted by atomic mass is 19.1. The lowest BCUT2D eigenvalue weighted by atomic mass is 9.80. The summed E-state index contributed by atoms with van der Waals surface area (Å²) in [5.74, 6) is -1.21. The van der Waals surface area contributed by atoms with Crippen molar-refractivity contribution in [2.24, 2.45) is 0 Å². The zero-order valence-corrected chi connectivity index (χ0v) is 21.0. The van der Waals surface area contributed by atoms with E-state index in [0.717, 1.165) is 0 Å². The Morgan fingerprint density at radius 1 is 1.19 bits per heavy atom. The Bertz CT molecular complexity index is 1370. The van der Waals surface area contributed by atoms with Gasteiger partial charge < -0.3 is 24.2 Å². The van der Waals surface area contributed by atoms with Crippen LogP contribution < -0.4 is 4.90 Å². The Morgan fingerprint density at radius 3 is 2.59 bits per heavy atom. The molecule has 0 amide bonds. The number of anilines is 1. The number of morpholine rings is 1. The van der Waals surface area contributed by atoms with Crippen molar-refractivity contribution < 1.29 is 33.3 Å². The fourth-order valence-electron chi connectivity index (χ4n) is 5.22. The first-order valence-corrected chi connectivity index (χ1v) is 11.9. The summed E-state index contributed by atoms with van der Waals surface area (Å²) in [6.07, 6.45) is 0.406. The highest BCUT2D eigenvalue weighted by Crippen LogP contribution is 2.57. The van der Waals surface area contributed by atoms with Gasteiger partial charge in [0.25, 0.3) is 0 Å². The molecule has 4 atom stereocenters. The van der Waals surface area contributed by atoms with Crippen LogP contribution in [-0.4, -0.2) is 74.1 Å². The molecule has 5 rings (SSSR count). The van der Waals surface area contributed by atoms with E-state index in [4.69, 9.17) is 14.2 Å². The molecule has 1 N–H and O–H groups in total. The number of halogens is 1. The molecule has 0 saturated carbocycles. The standard InChI is InChI=1S/C25H28FN5O6/c1-14-16(6-5-7-17(14)22(33)34)19-25(4,37-15(2)32)24(3,26)23(36-19)31-13-29-18-20(27-12-28-21(18)31)30-8-10-35-11-9-30/h5-7,12-13,19,23H,8-11H2,1-4H3,(H,33,34)/t19-,23+,24+,25+/m1/s1. The topological polar surface area (TPSA) is 129 Å². The number of nitrogens with zero attached hydrogens (tertiary/aromatic N) is 5. The van der Waals surface area contributed by atoms with Gasteiger partial charge in [-0.15, -0.1) is 0 Å². The van der Waals surface area contributed by atoms with E-state index in [1.165, 1.54) is 44.1 Å². The molecule has 0 bridgehead atoms. The largest absolute Gasteiger partial charge is 0.478 e. The molecular formula is C25H28FN5O6. The molecule has 3 aromatic rings. The van der Waals surface area contributed by atoms with Gasteiger partial charge in [-0.05, 0) is 38.0 Å². The number of benzene rings is 1. The maximum absolute atomic E-state index is 16.9. The minimum atomic E-state index is -2.27. The fraction of sp³-hybridized carbons (Fsp3) is 0.480. The van der Waals surface area contributed by atoms with E-state index in [1.54, 1.807) is 19.1 Å². The molecule has 0 spiro atoms. The fourth-order valence-corrected chi connectivity index (χ4v) is 5.22. The molecule has 2 aromatic heterocycles. The number of fused-ring (bicyclic) bond motifs is 1. The van der Waals surface area contributed by atoms with E-state index in [1.807, 2.05) is 4.90 Å². The summed E-state index contributed by atoms with van der Waals surface area (Å²) in [5, 5.41) is 9.63. The van der Waals surface area contributed by atoms with Crippen LogP contribution in [0.1, 0.15) is 54.6 Å². The average Bonchev–Trinajstić information content (AvgIpc) is 3.36. The summed E-state index contributed by atoms with van der Waals surface area (Å²) in [4.78, 5) is 39.2.